The Morgan fingerprint density at radius 2 is 1.71 bits per heavy atom. The first-order chi connectivity index (χ1) is 16.6. The number of carbonyl (C=O) groups is 2. The van der Waals surface area contributed by atoms with Gasteiger partial charge in [-0.25, -0.2) is 15.0 Å². The number of nitrogen functional groups attached to an aromatic ring is 1. The first-order valence-corrected chi connectivity index (χ1v) is 12.2. The summed E-state index contributed by atoms with van der Waals surface area (Å²) in [5.41, 5.74) is 7.19. The van der Waals surface area contributed by atoms with Crippen molar-refractivity contribution in [2.45, 2.75) is 31.7 Å². The lowest BCUT2D eigenvalue weighted by Crippen LogP contribution is -2.44. The van der Waals surface area contributed by atoms with Crippen LogP contribution in [0.2, 0.25) is 0 Å². The fourth-order valence-electron chi connectivity index (χ4n) is 4.70. The Kier molecular flexibility index (Phi) is 8.61. The molecule has 0 aromatic carbocycles. The molecule has 2 aromatic rings. The lowest BCUT2D eigenvalue weighted by Gasteiger charge is -2.24. The number of nitrogens with two attached hydrogens (primary N) is 1. The van der Waals surface area contributed by atoms with Crippen LogP contribution in [0.5, 0.6) is 0 Å². The highest BCUT2D eigenvalue weighted by Gasteiger charge is 2.32. The van der Waals surface area contributed by atoms with Gasteiger partial charge in [0, 0.05) is 77.3 Å². The van der Waals surface area contributed by atoms with Crippen LogP contribution in [0.15, 0.2) is 12.7 Å². The summed E-state index contributed by atoms with van der Waals surface area (Å²) in [5, 5.41) is 13.1. The maximum absolute atomic E-state index is 12.8. The molecule has 6 N–H and O–H groups in total. The molecule has 12 heteroatoms. The molecular weight excluding hydrogens is 436 g/mol. The molecule has 2 amide bonds. The molecule has 1 aliphatic carbocycles. The van der Waals surface area contributed by atoms with E-state index < -0.39 is 0 Å². The Balaban J connectivity index is 1.22. The number of fused-ring (bicyclic) bond motifs is 1. The highest BCUT2D eigenvalue weighted by molar-refractivity contribution is 5.82. The predicted molar refractivity (Wildman–Crippen MR) is 129 cm³/mol. The number of carbonyl (C=O) groups excluding carboxylic acids is 2. The first-order valence-electron chi connectivity index (χ1n) is 12.2. The topological polar surface area (TPSA) is 155 Å². The fourth-order valence-corrected chi connectivity index (χ4v) is 4.70. The largest absolute Gasteiger partial charge is 0.382 e. The van der Waals surface area contributed by atoms with E-state index in [0.29, 0.717) is 49.5 Å². The number of aromatic nitrogens is 4. The van der Waals surface area contributed by atoms with Crippen molar-refractivity contribution < 1.29 is 9.59 Å². The zero-order valence-electron chi connectivity index (χ0n) is 19.6. The van der Waals surface area contributed by atoms with Crippen LogP contribution in [-0.2, 0) is 9.59 Å². The molecule has 1 saturated heterocycles. The molecule has 2 aromatic heterocycles. The van der Waals surface area contributed by atoms with Crippen molar-refractivity contribution >= 4 is 28.8 Å². The molecule has 3 heterocycles. The summed E-state index contributed by atoms with van der Waals surface area (Å²) in [6.07, 6.45) is 5.86. The number of imidazole rings is 1. The minimum Gasteiger partial charge on any atom is -0.382 e. The van der Waals surface area contributed by atoms with E-state index in [4.69, 9.17) is 5.73 Å². The van der Waals surface area contributed by atoms with Crippen LogP contribution < -0.4 is 27.0 Å². The summed E-state index contributed by atoms with van der Waals surface area (Å²) >= 11 is 0. The quantitative estimate of drug-likeness (QED) is 0.363. The van der Waals surface area contributed by atoms with Gasteiger partial charge >= 0.3 is 0 Å². The number of anilines is 1. The third-order valence-corrected chi connectivity index (χ3v) is 6.62. The van der Waals surface area contributed by atoms with Gasteiger partial charge < -0.3 is 36.5 Å². The van der Waals surface area contributed by atoms with Gasteiger partial charge in [0.1, 0.15) is 11.8 Å². The maximum Gasteiger partial charge on any atom is 0.224 e. The van der Waals surface area contributed by atoms with Crippen molar-refractivity contribution in [1.29, 1.82) is 0 Å². The second kappa shape index (κ2) is 12.0. The molecule has 4 rings (SSSR count). The van der Waals surface area contributed by atoms with E-state index in [0.717, 1.165) is 52.1 Å². The standard InChI is InChI=1S/C22H36N10O2/c23-20-19-21(29-14-28-20)32(15-30-19)17-2-1-16(13-17)22(34)27-4-3-18(33)31-11-9-25-7-5-24-6-8-26-10-12-31/h14-17,24-26H,1-13H2,(H,27,34)(H2,23,28,29)/t16-,17+/m1/s1. The van der Waals surface area contributed by atoms with Gasteiger partial charge in [-0.1, -0.05) is 0 Å². The van der Waals surface area contributed by atoms with Gasteiger partial charge in [0.2, 0.25) is 11.8 Å². The van der Waals surface area contributed by atoms with Gasteiger partial charge in [-0.2, -0.15) is 0 Å². The van der Waals surface area contributed by atoms with E-state index >= 15 is 0 Å². The van der Waals surface area contributed by atoms with E-state index in [1.165, 1.54) is 6.33 Å². The minimum absolute atomic E-state index is 0.0124. The van der Waals surface area contributed by atoms with E-state index in [-0.39, 0.29) is 23.8 Å². The summed E-state index contributed by atoms with van der Waals surface area (Å²) in [5.74, 6) is 0.367. The van der Waals surface area contributed by atoms with Crippen molar-refractivity contribution in [2.24, 2.45) is 5.92 Å². The zero-order valence-corrected chi connectivity index (χ0v) is 19.6. The molecule has 2 fully saturated rings. The number of hydrogen-bond acceptors (Lipinski definition) is 9. The first kappa shape index (κ1) is 24.3. The van der Waals surface area contributed by atoms with Crippen LogP contribution in [-0.4, -0.2) is 95.1 Å². The van der Waals surface area contributed by atoms with Crippen molar-refractivity contribution in [3.05, 3.63) is 12.7 Å². The molecule has 2 aliphatic rings. The van der Waals surface area contributed by atoms with Crippen molar-refractivity contribution in [3.8, 4) is 0 Å². The molecule has 186 valence electrons. The van der Waals surface area contributed by atoms with Gasteiger partial charge in [-0.05, 0) is 19.3 Å². The van der Waals surface area contributed by atoms with Crippen LogP contribution in [0.1, 0.15) is 31.7 Å². The van der Waals surface area contributed by atoms with Crippen LogP contribution in [0.4, 0.5) is 5.82 Å². The molecular formula is C22H36N10O2. The molecule has 2 atom stereocenters. The van der Waals surface area contributed by atoms with Crippen molar-refractivity contribution in [1.82, 2.24) is 45.7 Å². The normalized spacial score (nSPS) is 22.8. The minimum atomic E-state index is -0.0830. The third-order valence-electron chi connectivity index (χ3n) is 6.62. The maximum atomic E-state index is 12.8. The van der Waals surface area contributed by atoms with Gasteiger partial charge in [0.05, 0.1) is 6.33 Å². The summed E-state index contributed by atoms with van der Waals surface area (Å²) in [6, 6.07) is 0.147. The smallest absolute Gasteiger partial charge is 0.224 e. The molecule has 12 nitrogen and oxygen atoms in total. The molecule has 34 heavy (non-hydrogen) atoms. The van der Waals surface area contributed by atoms with Crippen molar-refractivity contribution in [3.63, 3.8) is 0 Å². The van der Waals surface area contributed by atoms with E-state index in [1.54, 1.807) is 6.33 Å². The number of nitrogens with zero attached hydrogens (tertiary/aromatic N) is 5. The lowest BCUT2D eigenvalue weighted by molar-refractivity contribution is -0.131. The Morgan fingerprint density at radius 1 is 1.00 bits per heavy atom. The van der Waals surface area contributed by atoms with Gasteiger partial charge in [0.15, 0.2) is 11.5 Å². The Morgan fingerprint density at radius 3 is 2.44 bits per heavy atom. The van der Waals surface area contributed by atoms with Crippen LogP contribution in [0.3, 0.4) is 0 Å². The van der Waals surface area contributed by atoms with Crippen molar-refractivity contribution in [2.75, 3.05) is 64.6 Å². The summed E-state index contributed by atoms with van der Waals surface area (Å²) in [6.45, 7) is 6.84. The highest BCUT2D eigenvalue weighted by atomic mass is 16.2. The van der Waals surface area contributed by atoms with Gasteiger partial charge in [-0.15, -0.1) is 0 Å². The average Bonchev–Trinajstić information content (AvgIpc) is 3.47. The fraction of sp³-hybridized carbons (Fsp3) is 0.682. The number of rotatable bonds is 5. The molecule has 1 saturated carbocycles. The van der Waals surface area contributed by atoms with Gasteiger partial charge in [0.25, 0.3) is 0 Å². The van der Waals surface area contributed by atoms with Gasteiger partial charge in [-0.3, -0.25) is 9.59 Å². The lowest BCUT2D eigenvalue weighted by atomic mass is 10.1. The van der Waals surface area contributed by atoms with E-state index in [9.17, 15) is 9.59 Å². The Labute approximate surface area is 199 Å². The number of hydrogen-bond donors (Lipinski definition) is 5. The second-order valence-corrected chi connectivity index (χ2v) is 8.92. The summed E-state index contributed by atoms with van der Waals surface area (Å²) < 4.78 is 2.00. The Bertz CT molecular complexity index is 952. The monoisotopic (exact) mass is 472 g/mol. The second-order valence-electron chi connectivity index (χ2n) is 8.92. The summed E-state index contributed by atoms with van der Waals surface area (Å²) in [7, 11) is 0. The third kappa shape index (κ3) is 6.19. The molecule has 0 radical (unpaired) electrons. The van der Waals surface area contributed by atoms with Crippen LogP contribution in [0, 0.1) is 5.92 Å². The summed E-state index contributed by atoms with van der Waals surface area (Å²) in [4.78, 5) is 40.0. The van der Waals surface area contributed by atoms with Crippen LogP contribution in [0.25, 0.3) is 11.2 Å². The number of nitrogens with one attached hydrogen (secondary N) is 4. The molecule has 0 unspecified atom stereocenters. The molecule has 1 aliphatic heterocycles. The molecule has 0 bridgehead atoms. The van der Waals surface area contributed by atoms with E-state index in [1.807, 2.05) is 9.47 Å². The SMILES string of the molecule is Nc1ncnc2c1ncn2[C@H]1CC[C@@H](C(=O)NCCC(=O)N2CCNCCNCCNCC2)C1. The van der Waals surface area contributed by atoms with E-state index in [2.05, 4.69) is 36.2 Å². The average molecular weight is 473 g/mol. The molecule has 0 spiro atoms. The highest BCUT2D eigenvalue weighted by Crippen LogP contribution is 2.36. The Hall–Kier alpha value is -2.83. The number of amides is 2. The zero-order chi connectivity index (χ0) is 23.8. The predicted octanol–water partition coefficient (Wildman–Crippen LogP) is -1.13. The van der Waals surface area contributed by atoms with Crippen LogP contribution >= 0.6 is 0 Å².